The maximum Gasteiger partial charge on any atom is 0.198 e. The van der Waals surface area contributed by atoms with Gasteiger partial charge in [0, 0.05) is 24.5 Å². The lowest BCUT2D eigenvalue weighted by Gasteiger charge is -2.06. The molecule has 0 saturated heterocycles. The van der Waals surface area contributed by atoms with Gasteiger partial charge in [-0.1, -0.05) is 13.3 Å². The molecule has 1 aromatic heterocycles. The fourth-order valence-electron chi connectivity index (χ4n) is 1.21. The summed E-state index contributed by atoms with van der Waals surface area (Å²) in [5, 5.41) is 0. The Bertz CT molecular complexity index is 317. The molecule has 0 radical (unpaired) electrons. The lowest BCUT2D eigenvalue weighted by molar-refractivity contribution is 0.624. The third kappa shape index (κ3) is 2.69. The largest absolute Gasteiger partial charge is 0.353 e. The first-order valence-electron chi connectivity index (χ1n) is 4.51. The molecule has 1 aromatic rings. The van der Waals surface area contributed by atoms with Crippen LogP contribution in [0.4, 0.5) is 0 Å². The fourth-order valence-corrected chi connectivity index (χ4v) is 1.78. The molecule has 0 aliphatic rings. The first kappa shape index (κ1) is 10.5. The van der Waals surface area contributed by atoms with E-state index in [0.717, 1.165) is 18.5 Å². The quantitative estimate of drug-likeness (QED) is 0.801. The predicted molar refractivity (Wildman–Crippen MR) is 58.0 cm³/mol. The number of hydrogen-bond acceptors (Lipinski definition) is 1. The third-order valence-electron chi connectivity index (χ3n) is 1.98. The molecule has 0 aromatic carbocycles. The molecule has 2 nitrogen and oxygen atoms in total. The molecule has 0 aliphatic heterocycles. The van der Waals surface area contributed by atoms with Gasteiger partial charge < -0.3 is 4.57 Å². The van der Waals surface area contributed by atoms with Crippen LogP contribution < -0.4 is 5.43 Å². The normalized spacial score (nSPS) is 10.4. The van der Waals surface area contributed by atoms with E-state index >= 15 is 0 Å². The fraction of sp³-hybridized carbons (Fsp3) is 0.500. The lowest BCUT2D eigenvalue weighted by Crippen LogP contribution is -2.11. The predicted octanol–water partition coefficient (Wildman–Crippen LogP) is 2.72. The van der Waals surface area contributed by atoms with Crippen molar-refractivity contribution in [3.8, 4) is 0 Å². The van der Waals surface area contributed by atoms with Crippen LogP contribution in [0.3, 0.4) is 0 Å². The second kappa shape index (κ2) is 4.61. The van der Waals surface area contributed by atoms with Crippen LogP contribution in [0.1, 0.15) is 25.3 Å². The van der Waals surface area contributed by atoms with Crippen LogP contribution in [0, 0.1) is 6.92 Å². The summed E-state index contributed by atoms with van der Waals surface area (Å²) < 4.78 is 2.72. The van der Waals surface area contributed by atoms with Crippen LogP contribution in [-0.2, 0) is 6.54 Å². The summed E-state index contributed by atoms with van der Waals surface area (Å²) >= 11 is 3.26. The Morgan fingerprint density at radius 1 is 1.46 bits per heavy atom. The van der Waals surface area contributed by atoms with E-state index in [9.17, 15) is 4.79 Å². The van der Waals surface area contributed by atoms with Crippen LogP contribution in [0.5, 0.6) is 0 Å². The Hall–Kier alpha value is -0.570. The van der Waals surface area contributed by atoms with Crippen molar-refractivity contribution in [2.24, 2.45) is 0 Å². The number of rotatable bonds is 3. The van der Waals surface area contributed by atoms with Crippen molar-refractivity contribution in [2.75, 3.05) is 0 Å². The summed E-state index contributed by atoms with van der Waals surface area (Å²) in [7, 11) is 0. The van der Waals surface area contributed by atoms with E-state index in [1.165, 1.54) is 6.42 Å². The van der Waals surface area contributed by atoms with Crippen LogP contribution >= 0.6 is 15.9 Å². The van der Waals surface area contributed by atoms with Gasteiger partial charge in [-0.25, -0.2) is 0 Å². The number of hydrogen-bond donors (Lipinski definition) is 0. The van der Waals surface area contributed by atoms with Crippen LogP contribution in [0.25, 0.3) is 0 Å². The van der Waals surface area contributed by atoms with Crippen molar-refractivity contribution in [1.29, 1.82) is 0 Å². The van der Waals surface area contributed by atoms with E-state index in [4.69, 9.17) is 0 Å². The van der Waals surface area contributed by atoms with Gasteiger partial charge in [0.25, 0.3) is 0 Å². The minimum atomic E-state index is 0.0905. The van der Waals surface area contributed by atoms with Gasteiger partial charge in [0.15, 0.2) is 5.43 Å². The van der Waals surface area contributed by atoms with Crippen molar-refractivity contribution in [3.05, 3.63) is 32.7 Å². The molecular formula is C10H14BrNO. The second-order valence-corrected chi connectivity index (χ2v) is 4.06. The van der Waals surface area contributed by atoms with Crippen LogP contribution in [0.15, 0.2) is 21.7 Å². The molecule has 0 aliphatic carbocycles. The maximum atomic E-state index is 11.3. The maximum absolute atomic E-state index is 11.3. The van der Waals surface area contributed by atoms with Crippen molar-refractivity contribution in [2.45, 2.75) is 33.2 Å². The highest BCUT2D eigenvalue weighted by molar-refractivity contribution is 9.10. The Morgan fingerprint density at radius 3 is 2.69 bits per heavy atom. The highest BCUT2D eigenvalue weighted by Gasteiger charge is 2.00. The molecule has 0 bridgehead atoms. The molecule has 0 fully saturated rings. The summed E-state index contributed by atoms with van der Waals surface area (Å²) in [4.78, 5) is 11.3. The Kier molecular flexibility index (Phi) is 3.72. The molecule has 1 rings (SSSR count). The van der Waals surface area contributed by atoms with E-state index in [-0.39, 0.29) is 5.43 Å². The topological polar surface area (TPSA) is 22.0 Å². The number of unbranched alkanes of at least 4 members (excludes halogenated alkanes) is 1. The molecule has 1 heterocycles. The SMILES string of the molecule is CCCCn1cc(C)c(=O)c(Br)c1. The van der Waals surface area contributed by atoms with Gasteiger partial charge in [0.05, 0.1) is 4.47 Å². The van der Waals surface area contributed by atoms with Crippen LogP contribution in [-0.4, -0.2) is 4.57 Å². The van der Waals surface area contributed by atoms with Gasteiger partial charge >= 0.3 is 0 Å². The molecular weight excluding hydrogens is 230 g/mol. The number of pyridine rings is 1. The second-order valence-electron chi connectivity index (χ2n) is 3.21. The molecule has 0 N–H and O–H groups in total. The van der Waals surface area contributed by atoms with Gasteiger partial charge in [-0.05, 0) is 29.3 Å². The average molecular weight is 244 g/mol. The molecule has 3 heteroatoms. The molecule has 0 amide bonds. The number of aromatic nitrogens is 1. The first-order chi connectivity index (χ1) is 6.15. The summed E-state index contributed by atoms with van der Waals surface area (Å²) in [6.07, 6.45) is 6.07. The standard InChI is InChI=1S/C10H14BrNO/c1-3-4-5-12-6-8(2)10(13)9(11)7-12/h6-7H,3-5H2,1-2H3. The van der Waals surface area contributed by atoms with E-state index in [0.29, 0.717) is 4.47 Å². The van der Waals surface area contributed by atoms with Gasteiger partial charge in [-0.2, -0.15) is 0 Å². The molecule has 13 heavy (non-hydrogen) atoms. The van der Waals surface area contributed by atoms with E-state index < -0.39 is 0 Å². The minimum Gasteiger partial charge on any atom is -0.353 e. The van der Waals surface area contributed by atoms with E-state index in [1.54, 1.807) is 0 Å². The summed E-state index contributed by atoms with van der Waals surface area (Å²) in [5.41, 5.74) is 0.887. The summed E-state index contributed by atoms with van der Waals surface area (Å²) in [6, 6.07) is 0. The lowest BCUT2D eigenvalue weighted by atomic mass is 10.3. The molecule has 0 atom stereocenters. The molecule has 0 saturated carbocycles. The van der Waals surface area contributed by atoms with Crippen LogP contribution in [0.2, 0.25) is 0 Å². The number of nitrogens with zero attached hydrogens (tertiary/aromatic N) is 1. The van der Waals surface area contributed by atoms with Gasteiger partial charge in [0.2, 0.25) is 0 Å². The minimum absolute atomic E-state index is 0.0905. The third-order valence-corrected chi connectivity index (χ3v) is 2.55. The smallest absolute Gasteiger partial charge is 0.198 e. The zero-order valence-corrected chi connectivity index (χ0v) is 9.60. The van der Waals surface area contributed by atoms with Crippen molar-refractivity contribution < 1.29 is 0 Å². The highest BCUT2D eigenvalue weighted by Crippen LogP contribution is 2.05. The summed E-state index contributed by atoms with van der Waals surface area (Å²) in [5.74, 6) is 0. The Labute approximate surface area is 86.7 Å². The number of halogens is 1. The molecule has 72 valence electrons. The zero-order valence-electron chi connectivity index (χ0n) is 8.01. The summed E-state index contributed by atoms with van der Waals surface area (Å²) in [6.45, 7) is 4.98. The zero-order chi connectivity index (χ0) is 9.84. The number of aryl methyl sites for hydroxylation is 2. The van der Waals surface area contributed by atoms with Gasteiger partial charge in [-0.15, -0.1) is 0 Å². The first-order valence-corrected chi connectivity index (χ1v) is 5.30. The van der Waals surface area contributed by atoms with Gasteiger partial charge in [0.1, 0.15) is 0 Å². The van der Waals surface area contributed by atoms with E-state index in [2.05, 4.69) is 27.4 Å². The van der Waals surface area contributed by atoms with Crippen molar-refractivity contribution in [1.82, 2.24) is 4.57 Å². The van der Waals surface area contributed by atoms with Crippen molar-refractivity contribution >= 4 is 15.9 Å². The monoisotopic (exact) mass is 243 g/mol. The molecule has 0 spiro atoms. The van der Waals surface area contributed by atoms with Gasteiger partial charge in [-0.3, -0.25) is 4.79 Å². The Morgan fingerprint density at radius 2 is 2.15 bits per heavy atom. The highest BCUT2D eigenvalue weighted by atomic mass is 79.9. The van der Waals surface area contributed by atoms with E-state index in [1.807, 2.05) is 19.3 Å². The molecule has 0 unspecified atom stereocenters. The van der Waals surface area contributed by atoms with Crippen molar-refractivity contribution in [3.63, 3.8) is 0 Å². The Balaban J connectivity index is 2.93. The average Bonchev–Trinajstić information content (AvgIpc) is 2.10.